The summed E-state index contributed by atoms with van der Waals surface area (Å²) in [6.45, 7) is 3.26. The fourth-order valence-corrected chi connectivity index (χ4v) is 3.86. The fraction of sp³-hybridized carbons (Fsp3) is 0.389. The van der Waals surface area contributed by atoms with Crippen LogP contribution in [0.4, 0.5) is 5.69 Å². The molecule has 1 fully saturated rings. The van der Waals surface area contributed by atoms with Crippen LogP contribution in [0.3, 0.4) is 0 Å². The van der Waals surface area contributed by atoms with Gasteiger partial charge in [-0.05, 0) is 49.2 Å². The summed E-state index contributed by atoms with van der Waals surface area (Å²) in [4.78, 5) is 14.6. The Bertz CT molecular complexity index is 805. The first kappa shape index (κ1) is 17.5. The van der Waals surface area contributed by atoms with Crippen molar-refractivity contribution in [1.82, 2.24) is 5.32 Å². The van der Waals surface area contributed by atoms with Crippen LogP contribution in [0, 0.1) is 0 Å². The second-order valence-electron chi connectivity index (χ2n) is 6.11. The van der Waals surface area contributed by atoms with E-state index in [1.807, 2.05) is 12.1 Å². The van der Waals surface area contributed by atoms with E-state index >= 15 is 0 Å². The Kier molecular flexibility index (Phi) is 5.13. The molecule has 0 aliphatic carbocycles. The Morgan fingerprint density at radius 2 is 1.88 bits per heavy atom. The van der Waals surface area contributed by atoms with Crippen molar-refractivity contribution in [1.29, 1.82) is 0 Å². The minimum Gasteiger partial charge on any atom is -0.459 e. The molecule has 0 radical (unpaired) electrons. The zero-order chi connectivity index (χ0) is 17.9. The van der Waals surface area contributed by atoms with E-state index in [2.05, 4.69) is 10.2 Å². The molecule has 6 nitrogen and oxygen atoms in total. The van der Waals surface area contributed by atoms with E-state index < -0.39 is 9.84 Å². The maximum Gasteiger partial charge on any atom is 0.287 e. The van der Waals surface area contributed by atoms with Crippen molar-refractivity contribution in [3.8, 4) is 0 Å². The number of anilines is 1. The molecule has 0 unspecified atom stereocenters. The van der Waals surface area contributed by atoms with Gasteiger partial charge in [0.2, 0.25) is 0 Å². The number of benzene rings is 1. The molecule has 134 valence electrons. The lowest BCUT2D eigenvalue weighted by Crippen LogP contribution is -2.44. The molecule has 3 rings (SSSR count). The number of piperidine rings is 1. The monoisotopic (exact) mass is 362 g/mol. The average molecular weight is 362 g/mol. The van der Waals surface area contributed by atoms with Gasteiger partial charge in [0.15, 0.2) is 15.6 Å². The van der Waals surface area contributed by atoms with E-state index in [9.17, 15) is 13.2 Å². The first-order chi connectivity index (χ1) is 12.0. The van der Waals surface area contributed by atoms with Crippen LogP contribution in [0.1, 0.15) is 30.3 Å². The number of carbonyl (C=O) groups excluding carboxylic acids is 1. The van der Waals surface area contributed by atoms with Crippen LogP contribution in [-0.2, 0) is 9.84 Å². The van der Waals surface area contributed by atoms with E-state index in [-0.39, 0.29) is 17.7 Å². The van der Waals surface area contributed by atoms with Crippen LogP contribution in [0.25, 0.3) is 0 Å². The number of hydrogen-bond acceptors (Lipinski definition) is 5. The van der Waals surface area contributed by atoms with Crippen LogP contribution >= 0.6 is 0 Å². The number of nitrogens with one attached hydrogen (secondary N) is 1. The highest BCUT2D eigenvalue weighted by Crippen LogP contribution is 2.22. The standard InChI is InChI=1S/C18H22N2O4S/c1-2-25(22,23)16-7-5-15(6-8-16)20-11-9-14(10-12-20)19-18(21)17-4-3-13-24-17/h3-8,13-14H,2,9-12H2,1H3,(H,19,21). The van der Waals surface area contributed by atoms with Crippen LogP contribution in [0.2, 0.25) is 0 Å². The summed E-state index contributed by atoms with van der Waals surface area (Å²) in [7, 11) is -3.16. The van der Waals surface area contributed by atoms with Crippen molar-refractivity contribution < 1.29 is 17.6 Å². The number of rotatable bonds is 5. The van der Waals surface area contributed by atoms with Gasteiger partial charge in [-0.1, -0.05) is 6.92 Å². The minimum atomic E-state index is -3.16. The molecular formula is C18H22N2O4S. The van der Waals surface area contributed by atoms with Crippen LogP contribution in [-0.4, -0.2) is 39.2 Å². The quantitative estimate of drug-likeness (QED) is 0.884. The van der Waals surface area contributed by atoms with Crippen molar-refractivity contribution in [2.75, 3.05) is 23.7 Å². The van der Waals surface area contributed by atoms with Gasteiger partial charge in [-0.15, -0.1) is 0 Å². The third-order valence-electron chi connectivity index (χ3n) is 4.52. The lowest BCUT2D eigenvalue weighted by Gasteiger charge is -2.33. The van der Waals surface area contributed by atoms with Crippen LogP contribution in [0.15, 0.2) is 52.0 Å². The summed E-state index contributed by atoms with van der Waals surface area (Å²) >= 11 is 0. The molecule has 1 N–H and O–H groups in total. The molecule has 1 aromatic carbocycles. The molecule has 0 saturated carbocycles. The predicted octanol–water partition coefficient (Wildman–Crippen LogP) is 2.47. The largest absolute Gasteiger partial charge is 0.459 e. The topological polar surface area (TPSA) is 79.6 Å². The summed E-state index contributed by atoms with van der Waals surface area (Å²) in [5, 5.41) is 2.99. The highest BCUT2D eigenvalue weighted by atomic mass is 32.2. The molecule has 0 atom stereocenters. The number of nitrogens with zero attached hydrogens (tertiary/aromatic N) is 1. The molecule has 25 heavy (non-hydrogen) atoms. The number of furan rings is 1. The van der Waals surface area contributed by atoms with Crippen molar-refractivity contribution in [2.45, 2.75) is 30.7 Å². The number of amides is 1. The lowest BCUT2D eigenvalue weighted by molar-refractivity contribution is 0.0903. The summed E-state index contributed by atoms with van der Waals surface area (Å²) in [6.07, 6.45) is 3.16. The zero-order valence-electron chi connectivity index (χ0n) is 14.1. The number of sulfone groups is 1. The van der Waals surface area contributed by atoms with Crippen LogP contribution < -0.4 is 10.2 Å². The van der Waals surface area contributed by atoms with E-state index in [0.717, 1.165) is 31.6 Å². The Labute approximate surface area is 147 Å². The lowest BCUT2D eigenvalue weighted by atomic mass is 10.0. The Morgan fingerprint density at radius 3 is 2.44 bits per heavy atom. The predicted molar refractivity (Wildman–Crippen MR) is 95.6 cm³/mol. The smallest absolute Gasteiger partial charge is 0.287 e. The Balaban J connectivity index is 1.56. The van der Waals surface area contributed by atoms with Crippen LogP contribution in [0.5, 0.6) is 0 Å². The summed E-state index contributed by atoms with van der Waals surface area (Å²) in [6, 6.07) is 10.5. The highest BCUT2D eigenvalue weighted by Gasteiger charge is 2.22. The second-order valence-corrected chi connectivity index (χ2v) is 8.39. The molecule has 1 aromatic heterocycles. The SMILES string of the molecule is CCS(=O)(=O)c1ccc(N2CCC(NC(=O)c3ccco3)CC2)cc1. The molecule has 0 spiro atoms. The third-order valence-corrected chi connectivity index (χ3v) is 6.27. The summed E-state index contributed by atoms with van der Waals surface area (Å²) < 4.78 is 28.8. The first-order valence-corrected chi connectivity index (χ1v) is 10.1. The van der Waals surface area contributed by atoms with Gasteiger partial charge in [-0.3, -0.25) is 4.79 Å². The molecule has 7 heteroatoms. The third kappa shape index (κ3) is 4.04. The Morgan fingerprint density at radius 1 is 1.20 bits per heavy atom. The van der Waals surface area contributed by atoms with Gasteiger partial charge in [0.1, 0.15) is 0 Å². The first-order valence-electron chi connectivity index (χ1n) is 8.42. The fourth-order valence-electron chi connectivity index (χ4n) is 2.98. The Hall–Kier alpha value is -2.28. The average Bonchev–Trinajstić information content (AvgIpc) is 3.17. The normalized spacial score (nSPS) is 16.0. The maximum atomic E-state index is 12.0. The molecular weight excluding hydrogens is 340 g/mol. The number of carbonyl (C=O) groups is 1. The van der Waals surface area contributed by atoms with Gasteiger partial charge in [-0.25, -0.2) is 8.42 Å². The van der Waals surface area contributed by atoms with Gasteiger partial charge in [0.25, 0.3) is 5.91 Å². The molecule has 1 amide bonds. The number of hydrogen-bond donors (Lipinski definition) is 1. The van der Waals surface area contributed by atoms with Crippen molar-refractivity contribution in [3.05, 3.63) is 48.4 Å². The van der Waals surface area contributed by atoms with Crippen molar-refractivity contribution in [2.24, 2.45) is 0 Å². The van der Waals surface area contributed by atoms with Gasteiger partial charge >= 0.3 is 0 Å². The maximum absolute atomic E-state index is 12.0. The van der Waals surface area contributed by atoms with E-state index in [1.54, 1.807) is 31.2 Å². The van der Waals surface area contributed by atoms with E-state index in [1.165, 1.54) is 6.26 Å². The van der Waals surface area contributed by atoms with Gasteiger partial charge < -0.3 is 14.6 Å². The second kappa shape index (κ2) is 7.31. The molecule has 1 aliphatic heterocycles. The van der Waals surface area contributed by atoms with Crippen molar-refractivity contribution >= 4 is 21.4 Å². The molecule has 2 heterocycles. The zero-order valence-corrected chi connectivity index (χ0v) is 15.0. The van der Waals surface area contributed by atoms with Gasteiger partial charge in [0.05, 0.1) is 16.9 Å². The summed E-state index contributed by atoms with van der Waals surface area (Å²) in [5.41, 5.74) is 1.01. The van der Waals surface area contributed by atoms with Gasteiger partial charge in [0, 0.05) is 24.8 Å². The highest BCUT2D eigenvalue weighted by molar-refractivity contribution is 7.91. The molecule has 0 bridgehead atoms. The minimum absolute atomic E-state index is 0.104. The van der Waals surface area contributed by atoms with E-state index in [0.29, 0.717) is 10.7 Å². The van der Waals surface area contributed by atoms with Crippen molar-refractivity contribution in [3.63, 3.8) is 0 Å². The molecule has 1 aliphatic rings. The van der Waals surface area contributed by atoms with E-state index in [4.69, 9.17) is 4.42 Å². The van der Waals surface area contributed by atoms with Gasteiger partial charge in [-0.2, -0.15) is 0 Å². The molecule has 2 aromatic rings. The molecule has 1 saturated heterocycles. The summed E-state index contributed by atoms with van der Waals surface area (Å²) in [5.74, 6) is 0.250.